The third kappa shape index (κ3) is 1.95. The Bertz CT molecular complexity index is 445. The molecule has 3 N–H and O–H groups in total. The van der Waals surface area contributed by atoms with Crippen LogP contribution in [0, 0.1) is 5.41 Å². The number of nitrogens with zero attached hydrogens (tertiary/aromatic N) is 2. The SMILES string of the molecule is N=C(N)c1ccc(N2CCOC3CCCC32)nc1. The van der Waals surface area contributed by atoms with E-state index in [0.717, 1.165) is 25.4 Å². The number of nitrogens with one attached hydrogen (secondary N) is 1. The van der Waals surface area contributed by atoms with E-state index < -0.39 is 0 Å². The van der Waals surface area contributed by atoms with Gasteiger partial charge < -0.3 is 15.4 Å². The predicted octanol–water partition coefficient (Wildman–Crippen LogP) is 1.12. The van der Waals surface area contributed by atoms with E-state index in [9.17, 15) is 0 Å². The van der Waals surface area contributed by atoms with Gasteiger partial charge in [0.15, 0.2) is 0 Å². The maximum absolute atomic E-state index is 7.37. The summed E-state index contributed by atoms with van der Waals surface area (Å²) in [4.78, 5) is 6.77. The van der Waals surface area contributed by atoms with Crippen LogP contribution in [-0.2, 0) is 4.74 Å². The van der Waals surface area contributed by atoms with Crippen molar-refractivity contribution in [2.45, 2.75) is 31.4 Å². The number of pyridine rings is 1. The van der Waals surface area contributed by atoms with Gasteiger partial charge in [-0.3, -0.25) is 5.41 Å². The molecule has 5 nitrogen and oxygen atoms in total. The first kappa shape index (κ1) is 11.5. The zero-order valence-electron chi connectivity index (χ0n) is 10.3. The first-order valence-corrected chi connectivity index (χ1v) is 6.44. The van der Waals surface area contributed by atoms with Crippen LogP contribution in [0.5, 0.6) is 0 Å². The fraction of sp³-hybridized carbons (Fsp3) is 0.538. The van der Waals surface area contributed by atoms with Crippen molar-refractivity contribution in [3.05, 3.63) is 23.9 Å². The average Bonchev–Trinajstić information content (AvgIpc) is 2.87. The number of hydrogen-bond donors (Lipinski definition) is 2. The van der Waals surface area contributed by atoms with Gasteiger partial charge in [0.25, 0.3) is 0 Å². The molecule has 1 aliphatic carbocycles. The second-order valence-corrected chi connectivity index (χ2v) is 4.92. The van der Waals surface area contributed by atoms with Crippen molar-refractivity contribution < 1.29 is 4.74 Å². The van der Waals surface area contributed by atoms with E-state index in [-0.39, 0.29) is 5.84 Å². The minimum Gasteiger partial charge on any atom is -0.384 e. The first-order chi connectivity index (χ1) is 8.75. The van der Waals surface area contributed by atoms with Crippen LogP contribution >= 0.6 is 0 Å². The lowest BCUT2D eigenvalue weighted by Crippen LogP contribution is -2.49. The summed E-state index contributed by atoms with van der Waals surface area (Å²) in [6.45, 7) is 1.67. The summed E-state index contributed by atoms with van der Waals surface area (Å²) in [5.74, 6) is 1.04. The maximum atomic E-state index is 7.37. The van der Waals surface area contributed by atoms with E-state index in [0.29, 0.717) is 17.7 Å². The minimum absolute atomic E-state index is 0.0646. The van der Waals surface area contributed by atoms with Crippen LogP contribution in [-0.4, -0.2) is 36.1 Å². The third-order valence-corrected chi connectivity index (χ3v) is 3.84. The molecular weight excluding hydrogens is 228 g/mol. The van der Waals surface area contributed by atoms with Crippen LogP contribution in [0.1, 0.15) is 24.8 Å². The van der Waals surface area contributed by atoms with E-state index in [4.69, 9.17) is 15.9 Å². The second-order valence-electron chi connectivity index (χ2n) is 4.92. The van der Waals surface area contributed by atoms with Gasteiger partial charge in [-0.25, -0.2) is 4.98 Å². The molecule has 2 atom stereocenters. The Hall–Kier alpha value is -1.62. The van der Waals surface area contributed by atoms with Crippen LogP contribution in [0.25, 0.3) is 0 Å². The van der Waals surface area contributed by atoms with Gasteiger partial charge in [-0.05, 0) is 31.4 Å². The lowest BCUT2D eigenvalue weighted by Gasteiger charge is -2.38. The second kappa shape index (κ2) is 4.57. The van der Waals surface area contributed by atoms with E-state index in [1.807, 2.05) is 12.1 Å². The number of morpholine rings is 1. The summed E-state index contributed by atoms with van der Waals surface area (Å²) < 4.78 is 5.79. The van der Waals surface area contributed by atoms with Crippen molar-refractivity contribution in [3.8, 4) is 0 Å². The Morgan fingerprint density at radius 1 is 1.44 bits per heavy atom. The molecule has 3 rings (SSSR count). The summed E-state index contributed by atoms with van der Waals surface area (Å²) in [6.07, 6.45) is 5.62. The summed E-state index contributed by atoms with van der Waals surface area (Å²) >= 11 is 0. The van der Waals surface area contributed by atoms with Crippen LogP contribution in [0.2, 0.25) is 0 Å². The zero-order valence-corrected chi connectivity index (χ0v) is 10.3. The van der Waals surface area contributed by atoms with Crippen molar-refractivity contribution in [1.29, 1.82) is 5.41 Å². The van der Waals surface area contributed by atoms with Crippen LogP contribution in [0.4, 0.5) is 5.82 Å². The number of ether oxygens (including phenoxy) is 1. The standard InChI is InChI=1S/C13H18N4O/c14-13(15)9-4-5-12(16-8-9)17-6-7-18-11-3-1-2-10(11)17/h4-5,8,10-11H,1-3,6-7H2,(H3,14,15). The monoisotopic (exact) mass is 246 g/mol. The van der Waals surface area contributed by atoms with Gasteiger partial charge in [0.05, 0.1) is 18.8 Å². The molecule has 2 heterocycles. The number of rotatable bonds is 2. The van der Waals surface area contributed by atoms with Gasteiger partial charge in [-0.15, -0.1) is 0 Å². The summed E-state index contributed by atoms with van der Waals surface area (Å²) in [6, 6.07) is 4.29. The number of nitrogens with two attached hydrogens (primary N) is 1. The molecule has 1 saturated carbocycles. The van der Waals surface area contributed by atoms with E-state index in [1.54, 1.807) is 6.20 Å². The van der Waals surface area contributed by atoms with Crippen LogP contribution in [0.3, 0.4) is 0 Å². The van der Waals surface area contributed by atoms with Crippen molar-refractivity contribution in [2.75, 3.05) is 18.1 Å². The number of hydrogen-bond acceptors (Lipinski definition) is 4. The summed E-state index contributed by atoms with van der Waals surface area (Å²) in [7, 11) is 0. The van der Waals surface area contributed by atoms with E-state index in [2.05, 4.69) is 9.88 Å². The minimum atomic E-state index is 0.0646. The Morgan fingerprint density at radius 2 is 2.33 bits per heavy atom. The zero-order chi connectivity index (χ0) is 12.5. The van der Waals surface area contributed by atoms with Gasteiger partial charge in [-0.1, -0.05) is 0 Å². The van der Waals surface area contributed by atoms with Gasteiger partial charge in [-0.2, -0.15) is 0 Å². The molecule has 0 spiro atoms. The molecule has 5 heteroatoms. The molecule has 18 heavy (non-hydrogen) atoms. The number of anilines is 1. The fourth-order valence-electron chi connectivity index (χ4n) is 2.93. The molecule has 0 amide bonds. The molecule has 1 aliphatic heterocycles. The topological polar surface area (TPSA) is 75.2 Å². The number of aromatic nitrogens is 1. The highest BCUT2D eigenvalue weighted by molar-refractivity contribution is 5.94. The molecule has 1 saturated heterocycles. The Balaban J connectivity index is 1.82. The maximum Gasteiger partial charge on any atom is 0.128 e. The normalized spacial score (nSPS) is 27.0. The number of amidine groups is 1. The molecule has 96 valence electrons. The van der Waals surface area contributed by atoms with Crippen molar-refractivity contribution in [3.63, 3.8) is 0 Å². The van der Waals surface area contributed by atoms with Gasteiger partial charge in [0.1, 0.15) is 11.7 Å². The quantitative estimate of drug-likeness (QED) is 0.606. The van der Waals surface area contributed by atoms with Crippen molar-refractivity contribution in [1.82, 2.24) is 4.98 Å². The van der Waals surface area contributed by atoms with E-state index >= 15 is 0 Å². The molecule has 0 bridgehead atoms. The molecule has 0 aromatic carbocycles. The summed E-state index contributed by atoms with van der Waals surface area (Å²) in [5.41, 5.74) is 6.11. The van der Waals surface area contributed by atoms with Crippen molar-refractivity contribution in [2.24, 2.45) is 5.73 Å². The molecule has 1 aromatic heterocycles. The Labute approximate surface area is 106 Å². The molecule has 2 aliphatic rings. The van der Waals surface area contributed by atoms with E-state index in [1.165, 1.54) is 12.8 Å². The smallest absolute Gasteiger partial charge is 0.128 e. The molecular formula is C13H18N4O. The highest BCUT2D eigenvalue weighted by Gasteiger charge is 2.36. The third-order valence-electron chi connectivity index (χ3n) is 3.84. The predicted molar refractivity (Wildman–Crippen MR) is 70.0 cm³/mol. The Kier molecular flexibility index (Phi) is 2.91. The number of nitrogen functional groups attached to an aromatic ring is 1. The Morgan fingerprint density at radius 3 is 3.06 bits per heavy atom. The van der Waals surface area contributed by atoms with Gasteiger partial charge in [0, 0.05) is 18.3 Å². The van der Waals surface area contributed by atoms with Crippen molar-refractivity contribution >= 4 is 11.7 Å². The molecule has 2 unspecified atom stereocenters. The van der Waals surface area contributed by atoms with Gasteiger partial charge in [0.2, 0.25) is 0 Å². The number of fused-ring (bicyclic) bond motifs is 1. The molecule has 0 radical (unpaired) electrons. The van der Waals surface area contributed by atoms with Crippen LogP contribution < -0.4 is 10.6 Å². The fourth-order valence-corrected chi connectivity index (χ4v) is 2.93. The first-order valence-electron chi connectivity index (χ1n) is 6.44. The molecule has 2 fully saturated rings. The highest BCUT2D eigenvalue weighted by Crippen LogP contribution is 2.32. The lowest BCUT2D eigenvalue weighted by molar-refractivity contribution is 0.0253. The van der Waals surface area contributed by atoms with Crippen LogP contribution in [0.15, 0.2) is 18.3 Å². The molecule has 1 aromatic rings. The summed E-state index contributed by atoms with van der Waals surface area (Å²) in [5, 5.41) is 7.37. The van der Waals surface area contributed by atoms with Gasteiger partial charge >= 0.3 is 0 Å². The lowest BCUT2D eigenvalue weighted by atomic mass is 10.1. The highest BCUT2D eigenvalue weighted by atomic mass is 16.5. The largest absolute Gasteiger partial charge is 0.384 e. The average molecular weight is 246 g/mol.